The van der Waals surface area contributed by atoms with Gasteiger partial charge in [-0.2, -0.15) is 4.31 Å². The number of hydrogen-bond donors (Lipinski definition) is 2. The molecule has 1 heterocycles. The Morgan fingerprint density at radius 3 is 2.14 bits per heavy atom. The molecular formula is C15H24N2O3S. The Hall–Kier alpha value is -0.950. The standard InChI is InChI=1S/C15H24N2O3S/c1-11(16)13-3-5-15(6-4-13)21(19,20)17-9-7-14(8-10-17)12(2)18/h3-6,11-12,14,18H,7-10,16H2,1-2H3. The van der Waals surface area contributed by atoms with Crippen molar-refractivity contribution >= 4 is 10.0 Å². The van der Waals surface area contributed by atoms with E-state index in [1.807, 2.05) is 6.92 Å². The molecule has 0 radical (unpaired) electrons. The maximum atomic E-state index is 12.6. The topological polar surface area (TPSA) is 83.6 Å². The van der Waals surface area contributed by atoms with Crippen molar-refractivity contribution in [1.29, 1.82) is 0 Å². The number of aliphatic hydroxyl groups excluding tert-OH is 1. The number of nitrogens with two attached hydrogens (primary N) is 1. The second-order valence-corrected chi connectivity index (χ2v) is 7.78. The molecule has 2 atom stereocenters. The number of benzene rings is 1. The third-order valence-corrected chi connectivity index (χ3v) is 6.14. The van der Waals surface area contributed by atoms with E-state index in [9.17, 15) is 13.5 Å². The molecule has 1 aliphatic heterocycles. The highest BCUT2D eigenvalue weighted by Gasteiger charge is 2.30. The summed E-state index contributed by atoms with van der Waals surface area (Å²) in [4.78, 5) is 0.308. The molecule has 118 valence electrons. The Labute approximate surface area is 126 Å². The molecule has 21 heavy (non-hydrogen) atoms. The molecule has 0 spiro atoms. The van der Waals surface area contributed by atoms with Crippen LogP contribution in [0.5, 0.6) is 0 Å². The van der Waals surface area contributed by atoms with E-state index in [0.29, 0.717) is 30.8 Å². The van der Waals surface area contributed by atoms with Gasteiger partial charge >= 0.3 is 0 Å². The number of hydrogen-bond acceptors (Lipinski definition) is 4. The van der Waals surface area contributed by atoms with Crippen LogP contribution in [-0.2, 0) is 10.0 Å². The third-order valence-electron chi connectivity index (χ3n) is 4.22. The van der Waals surface area contributed by atoms with Crippen LogP contribution >= 0.6 is 0 Å². The van der Waals surface area contributed by atoms with Crippen LogP contribution in [0.3, 0.4) is 0 Å². The zero-order valence-corrected chi connectivity index (χ0v) is 13.4. The molecule has 1 fully saturated rings. The molecular weight excluding hydrogens is 288 g/mol. The molecule has 6 heteroatoms. The molecule has 0 saturated carbocycles. The molecule has 5 nitrogen and oxygen atoms in total. The SMILES string of the molecule is CC(N)c1ccc(S(=O)(=O)N2CCC(C(C)O)CC2)cc1. The van der Waals surface area contributed by atoms with Crippen LogP contribution in [0.15, 0.2) is 29.2 Å². The Morgan fingerprint density at radius 2 is 1.71 bits per heavy atom. The van der Waals surface area contributed by atoms with E-state index in [1.165, 1.54) is 4.31 Å². The van der Waals surface area contributed by atoms with Crippen molar-refractivity contribution in [3.8, 4) is 0 Å². The fourth-order valence-corrected chi connectivity index (χ4v) is 4.16. The summed E-state index contributed by atoms with van der Waals surface area (Å²) in [7, 11) is -3.44. The molecule has 1 aliphatic rings. The van der Waals surface area contributed by atoms with Gasteiger partial charge in [-0.1, -0.05) is 12.1 Å². The zero-order valence-electron chi connectivity index (χ0n) is 12.6. The molecule has 2 unspecified atom stereocenters. The van der Waals surface area contributed by atoms with Crippen molar-refractivity contribution in [2.45, 2.75) is 43.7 Å². The van der Waals surface area contributed by atoms with E-state index in [0.717, 1.165) is 5.56 Å². The summed E-state index contributed by atoms with van der Waals surface area (Å²) in [5, 5.41) is 9.59. The van der Waals surface area contributed by atoms with Gasteiger partial charge in [0.2, 0.25) is 10.0 Å². The first-order chi connectivity index (χ1) is 9.82. The minimum absolute atomic E-state index is 0.108. The molecule has 3 N–H and O–H groups in total. The van der Waals surface area contributed by atoms with Crippen molar-refractivity contribution in [3.05, 3.63) is 29.8 Å². The van der Waals surface area contributed by atoms with E-state index in [2.05, 4.69) is 0 Å². The second kappa shape index (κ2) is 6.44. The smallest absolute Gasteiger partial charge is 0.243 e. The van der Waals surface area contributed by atoms with Gasteiger partial charge in [0, 0.05) is 19.1 Å². The Bertz CT molecular complexity index is 559. The molecule has 0 bridgehead atoms. The lowest BCUT2D eigenvalue weighted by atomic mass is 9.93. The summed E-state index contributed by atoms with van der Waals surface area (Å²) >= 11 is 0. The highest BCUT2D eigenvalue weighted by Crippen LogP contribution is 2.26. The molecule has 0 amide bonds. The summed E-state index contributed by atoms with van der Waals surface area (Å²) in [5.74, 6) is 0.192. The maximum Gasteiger partial charge on any atom is 0.243 e. The van der Waals surface area contributed by atoms with Crippen molar-refractivity contribution < 1.29 is 13.5 Å². The van der Waals surface area contributed by atoms with Crippen LogP contribution in [0.1, 0.15) is 38.3 Å². The monoisotopic (exact) mass is 312 g/mol. The van der Waals surface area contributed by atoms with E-state index in [4.69, 9.17) is 5.73 Å². The molecule has 1 aromatic carbocycles. The highest BCUT2D eigenvalue weighted by molar-refractivity contribution is 7.89. The molecule has 1 aromatic rings. The van der Waals surface area contributed by atoms with Crippen molar-refractivity contribution in [1.82, 2.24) is 4.31 Å². The average molecular weight is 312 g/mol. The van der Waals surface area contributed by atoms with Gasteiger partial charge in [-0.05, 0) is 50.3 Å². The number of aliphatic hydroxyl groups is 1. The Balaban J connectivity index is 2.12. The van der Waals surface area contributed by atoms with E-state index >= 15 is 0 Å². The number of sulfonamides is 1. The lowest BCUT2D eigenvalue weighted by Gasteiger charge is -2.32. The predicted octanol–water partition coefficient (Wildman–Crippen LogP) is 1.49. The largest absolute Gasteiger partial charge is 0.393 e. The van der Waals surface area contributed by atoms with Crippen LogP contribution in [-0.4, -0.2) is 37.0 Å². The van der Waals surface area contributed by atoms with E-state index < -0.39 is 10.0 Å². The van der Waals surface area contributed by atoms with Gasteiger partial charge in [0.05, 0.1) is 11.0 Å². The number of piperidine rings is 1. The number of rotatable bonds is 4. The first kappa shape index (κ1) is 16.4. The fourth-order valence-electron chi connectivity index (χ4n) is 2.69. The van der Waals surface area contributed by atoms with Gasteiger partial charge in [0.1, 0.15) is 0 Å². The maximum absolute atomic E-state index is 12.6. The summed E-state index contributed by atoms with van der Waals surface area (Å²) in [6, 6.07) is 6.66. The normalized spacial score (nSPS) is 21.1. The average Bonchev–Trinajstić information content (AvgIpc) is 2.47. The Morgan fingerprint density at radius 1 is 1.19 bits per heavy atom. The first-order valence-corrected chi connectivity index (χ1v) is 8.80. The van der Waals surface area contributed by atoms with Gasteiger partial charge in [0.15, 0.2) is 0 Å². The summed E-state index contributed by atoms with van der Waals surface area (Å²) < 4.78 is 26.7. The highest BCUT2D eigenvalue weighted by atomic mass is 32.2. The van der Waals surface area contributed by atoms with Crippen LogP contribution < -0.4 is 5.73 Å². The first-order valence-electron chi connectivity index (χ1n) is 7.36. The van der Waals surface area contributed by atoms with Gasteiger partial charge in [-0.15, -0.1) is 0 Å². The van der Waals surface area contributed by atoms with Gasteiger partial charge in [-0.3, -0.25) is 0 Å². The minimum Gasteiger partial charge on any atom is -0.393 e. The van der Waals surface area contributed by atoms with Crippen molar-refractivity contribution in [2.75, 3.05) is 13.1 Å². The summed E-state index contributed by atoms with van der Waals surface area (Å²) in [6.07, 6.45) is 1.03. The molecule has 2 rings (SSSR count). The van der Waals surface area contributed by atoms with Crippen LogP contribution in [0.4, 0.5) is 0 Å². The Kier molecular flexibility index (Phi) is 5.03. The third kappa shape index (κ3) is 3.63. The van der Waals surface area contributed by atoms with Crippen molar-refractivity contribution in [2.24, 2.45) is 11.7 Å². The second-order valence-electron chi connectivity index (χ2n) is 5.84. The van der Waals surface area contributed by atoms with E-state index in [1.54, 1.807) is 31.2 Å². The van der Waals surface area contributed by atoms with Gasteiger partial charge in [-0.25, -0.2) is 8.42 Å². The van der Waals surface area contributed by atoms with Gasteiger partial charge < -0.3 is 10.8 Å². The minimum atomic E-state index is -3.44. The van der Waals surface area contributed by atoms with Crippen LogP contribution in [0.25, 0.3) is 0 Å². The van der Waals surface area contributed by atoms with Crippen molar-refractivity contribution in [3.63, 3.8) is 0 Å². The van der Waals surface area contributed by atoms with Crippen LogP contribution in [0, 0.1) is 5.92 Å². The van der Waals surface area contributed by atoms with Gasteiger partial charge in [0.25, 0.3) is 0 Å². The van der Waals surface area contributed by atoms with E-state index in [-0.39, 0.29) is 18.1 Å². The predicted molar refractivity (Wildman–Crippen MR) is 82.2 cm³/mol. The lowest BCUT2D eigenvalue weighted by Crippen LogP contribution is -2.40. The fraction of sp³-hybridized carbons (Fsp3) is 0.600. The molecule has 0 aliphatic carbocycles. The summed E-state index contributed by atoms with van der Waals surface area (Å²) in [5.41, 5.74) is 6.69. The zero-order chi connectivity index (χ0) is 15.6. The molecule has 0 aromatic heterocycles. The quantitative estimate of drug-likeness (QED) is 0.882. The molecule has 1 saturated heterocycles. The number of nitrogens with zero attached hydrogens (tertiary/aromatic N) is 1. The lowest BCUT2D eigenvalue weighted by molar-refractivity contribution is 0.0912. The summed E-state index contributed by atoms with van der Waals surface area (Å²) in [6.45, 7) is 4.56. The van der Waals surface area contributed by atoms with Crippen LogP contribution in [0.2, 0.25) is 0 Å².